The average Bonchev–Trinajstić information content (AvgIpc) is 2.76. The summed E-state index contributed by atoms with van der Waals surface area (Å²) in [6.07, 6.45) is 5.36. The minimum Gasteiger partial charge on any atom is -0.382 e. The number of hydrogen-bond acceptors (Lipinski definition) is 5. The summed E-state index contributed by atoms with van der Waals surface area (Å²) in [5, 5.41) is 2.95. The Morgan fingerprint density at radius 1 is 1.44 bits per heavy atom. The van der Waals surface area contributed by atoms with Crippen molar-refractivity contribution in [1.29, 1.82) is 0 Å². The number of carbonyl (C=O) groups is 1. The van der Waals surface area contributed by atoms with Crippen molar-refractivity contribution in [2.75, 3.05) is 18.8 Å². The van der Waals surface area contributed by atoms with Gasteiger partial charge in [-0.2, -0.15) is 0 Å². The maximum absolute atomic E-state index is 11.7. The van der Waals surface area contributed by atoms with Crippen LogP contribution in [0.5, 0.6) is 0 Å². The molecule has 2 unspecified atom stereocenters. The van der Waals surface area contributed by atoms with Crippen molar-refractivity contribution >= 4 is 11.7 Å². The molecule has 1 aromatic rings. The molecular formula is C12H17N5O. The molecule has 0 bridgehead atoms. The first-order valence-corrected chi connectivity index (χ1v) is 6.32. The van der Waals surface area contributed by atoms with Gasteiger partial charge in [-0.15, -0.1) is 0 Å². The molecule has 3 N–H and O–H groups in total. The summed E-state index contributed by atoms with van der Waals surface area (Å²) < 4.78 is 0. The summed E-state index contributed by atoms with van der Waals surface area (Å²) in [7, 11) is 0. The number of nitrogens with zero attached hydrogens (tertiary/aromatic N) is 3. The second-order valence-corrected chi connectivity index (χ2v) is 4.96. The zero-order valence-electron chi connectivity index (χ0n) is 10.2. The summed E-state index contributed by atoms with van der Waals surface area (Å²) in [6.45, 7) is 2.51. The number of anilines is 1. The molecule has 2 saturated heterocycles. The van der Waals surface area contributed by atoms with Crippen LogP contribution >= 0.6 is 0 Å². The van der Waals surface area contributed by atoms with E-state index in [1.807, 2.05) is 0 Å². The molecule has 2 aliphatic heterocycles. The number of nitrogens with one attached hydrogen (secondary N) is 1. The molecule has 0 radical (unpaired) electrons. The highest BCUT2D eigenvalue weighted by atomic mass is 16.2. The van der Waals surface area contributed by atoms with Crippen molar-refractivity contribution in [2.45, 2.75) is 25.4 Å². The number of nitrogens with two attached hydrogens (primary N) is 1. The van der Waals surface area contributed by atoms with Crippen molar-refractivity contribution in [3.8, 4) is 0 Å². The molecule has 0 saturated carbocycles. The quantitative estimate of drug-likeness (QED) is 0.754. The van der Waals surface area contributed by atoms with Crippen molar-refractivity contribution in [3.63, 3.8) is 0 Å². The molecule has 0 aliphatic carbocycles. The van der Waals surface area contributed by atoms with Crippen LogP contribution < -0.4 is 11.1 Å². The molecule has 6 nitrogen and oxygen atoms in total. The number of carbonyl (C=O) groups excluding carboxylic acids is 1. The molecule has 2 fully saturated rings. The van der Waals surface area contributed by atoms with Crippen molar-refractivity contribution in [3.05, 3.63) is 18.1 Å². The monoisotopic (exact) mass is 247 g/mol. The van der Waals surface area contributed by atoms with Crippen LogP contribution in [0.15, 0.2) is 12.4 Å². The number of piperidine rings is 1. The molecule has 0 spiro atoms. The van der Waals surface area contributed by atoms with Gasteiger partial charge < -0.3 is 11.1 Å². The number of nitrogen functional groups attached to an aromatic ring is 1. The number of amides is 1. The molecule has 2 atom stereocenters. The van der Waals surface area contributed by atoms with Gasteiger partial charge in [-0.1, -0.05) is 0 Å². The molecule has 3 heterocycles. The van der Waals surface area contributed by atoms with Gasteiger partial charge in [-0.3, -0.25) is 14.7 Å². The number of hydrogen-bond donors (Lipinski definition) is 2. The van der Waals surface area contributed by atoms with Crippen LogP contribution in [0.25, 0.3) is 0 Å². The van der Waals surface area contributed by atoms with Crippen LogP contribution in [0.1, 0.15) is 18.5 Å². The molecule has 1 aromatic heterocycles. The van der Waals surface area contributed by atoms with Crippen molar-refractivity contribution < 1.29 is 4.79 Å². The SMILES string of the molecule is Nc1cnc(CN2CCCC3C(=O)NCC32)cn1. The molecule has 18 heavy (non-hydrogen) atoms. The van der Waals surface area contributed by atoms with E-state index in [4.69, 9.17) is 5.73 Å². The van der Waals surface area contributed by atoms with Crippen LogP contribution in [0.4, 0.5) is 5.82 Å². The Balaban J connectivity index is 1.72. The van der Waals surface area contributed by atoms with Crippen LogP contribution in [-0.2, 0) is 11.3 Å². The summed E-state index contributed by atoms with van der Waals surface area (Å²) in [4.78, 5) is 22.3. The van der Waals surface area contributed by atoms with Crippen LogP contribution in [0.2, 0.25) is 0 Å². The summed E-state index contributed by atoms with van der Waals surface area (Å²) >= 11 is 0. The van der Waals surface area contributed by atoms with E-state index in [0.717, 1.165) is 38.2 Å². The average molecular weight is 247 g/mol. The van der Waals surface area contributed by atoms with E-state index >= 15 is 0 Å². The molecule has 6 heteroatoms. The third kappa shape index (κ3) is 2.03. The fourth-order valence-electron chi connectivity index (χ4n) is 2.89. The fourth-order valence-corrected chi connectivity index (χ4v) is 2.89. The molecule has 1 amide bonds. The lowest BCUT2D eigenvalue weighted by molar-refractivity contribution is -0.124. The molecule has 0 aromatic carbocycles. The number of rotatable bonds is 2. The van der Waals surface area contributed by atoms with Gasteiger partial charge >= 0.3 is 0 Å². The zero-order valence-corrected chi connectivity index (χ0v) is 10.2. The lowest BCUT2D eigenvalue weighted by Gasteiger charge is -2.35. The normalized spacial score (nSPS) is 27.9. The van der Waals surface area contributed by atoms with E-state index < -0.39 is 0 Å². The van der Waals surface area contributed by atoms with Crippen molar-refractivity contribution in [2.24, 2.45) is 5.92 Å². The maximum Gasteiger partial charge on any atom is 0.224 e. The second-order valence-electron chi connectivity index (χ2n) is 4.96. The summed E-state index contributed by atoms with van der Waals surface area (Å²) in [5.41, 5.74) is 6.43. The first kappa shape index (κ1) is 11.4. The third-order valence-electron chi connectivity index (χ3n) is 3.81. The van der Waals surface area contributed by atoms with Gasteiger partial charge in [0.25, 0.3) is 0 Å². The van der Waals surface area contributed by atoms with Crippen LogP contribution in [0, 0.1) is 5.92 Å². The Morgan fingerprint density at radius 2 is 2.33 bits per heavy atom. The van der Waals surface area contributed by atoms with E-state index in [0.29, 0.717) is 11.9 Å². The maximum atomic E-state index is 11.7. The number of fused-ring (bicyclic) bond motifs is 1. The van der Waals surface area contributed by atoms with Gasteiger partial charge in [0.05, 0.1) is 24.0 Å². The Morgan fingerprint density at radius 3 is 3.11 bits per heavy atom. The first-order chi connectivity index (χ1) is 8.74. The Kier molecular flexibility index (Phi) is 2.87. The smallest absolute Gasteiger partial charge is 0.224 e. The van der Waals surface area contributed by atoms with Gasteiger partial charge in [0.1, 0.15) is 5.82 Å². The molecular weight excluding hydrogens is 230 g/mol. The highest BCUT2D eigenvalue weighted by molar-refractivity contribution is 5.82. The van der Waals surface area contributed by atoms with E-state index in [1.165, 1.54) is 0 Å². The molecule has 3 rings (SSSR count). The minimum absolute atomic E-state index is 0.153. The lowest BCUT2D eigenvalue weighted by atomic mass is 9.91. The predicted molar refractivity (Wildman–Crippen MR) is 66.4 cm³/mol. The third-order valence-corrected chi connectivity index (χ3v) is 3.81. The van der Waals surface area contributed by atoms with E-state index in [9.17, 15) is 4.79 Å². The summed E-state index contributed by atoms with van der Waals surface area (Å²) in [5.74, 6) is 0.793. The van der Waals surface area contributed by atoms with Gasteiger partial charge in [0, 0.05) is 19.1 Å². The van der Waals surface area contributed by atoms with Crippen molar-refractivity contribution in [1.82, 2.24) is 20.2 Å². The van der Waals surface area contributed by atoms with E-state index in [1.54, 1.807) is 12.4 Å². The van der Waals surface area contributed by atoms with Gasteiger partial charge in [-0.25, -0.2) is 4.98 Å². The Bertz CT molecular complexity index is 446. The summed E-state index contributed by atoms with van der Waals surface area (Å²) in [6, 6.07) is 0.311. The highest BCUT2D eigenvalue weighted by Crippen LogP contribution is 2.28. The largest absolute Gasteiger partial charge is 0.382 e. The van der Waals surface area contributed by atoms with Crippen LogP contribution in [0.3, 0.4) is 0 Å². The van der Waals surface area contributed by atoms with E-state index in [2.05, 4.69) is 20.2 Å². The zero-order chi connectivity index (χ0) is 12.5. The van der Waals surface area contributed by atoms with Gasteiger partial charge in [-0.05, 0) is 19.4 Å². The molecule has 2 aliphatic rings. The highest BCUT2D eigenvalue weighted by Gasteiger charge is 2.40. The Hall–Kier alpha value is -1.69. The number of likely N-dealkylation sites (tertiary alicyclic amines) is 1. The number of aromatic nitrogens is 2. The standard InChI is InChI=1S/C12H17N5O/c13-11-6-14-8(4-15-11)7-17-3-1-2-9-10(17)5-16-12(9)18/h4,6,9-10H,1-3,5,7H2,(H2,13,15)(H,16,18). The first-order valence-electron chi connectivity index (χ1n) is 6.32. The topological polar surface area (TPSA) is 84.1 Å². The predicted octanol–water partition coefficient (Wildman–Crippen LogP) is -0.231. The lowest BCUT2D eigenvalue weighted by Crippen LogP contribution is -2.45. The Labute approximate surface area is 106 Å². The molecule has 96 valence electrons. The van der Waals surface area contributed by atoms with Crippen LogP contribution in [-0.4, -0.2) is 39.9 Å². The minimum atomic E-state index is 0.153. The van der Waals surface area contributed by atoms with Gasteiger partial charge in [0.15, 0.2) is 0 Å². The van der Waals surface area contributed by atoms with E-state index in [-0.39, 0.29) is 11.8 Å². The second kappa shape index (κ2) is 4.53. The van der Waals surface area contributed by atoms with Gasteiger partial charge in [0.2, 0.25) is 5.91 Å². The fraction of sp³-hybridized carbons (Fsp3) is 0.583.